The first-order valence-corrected chi connectivity index (χ1v) is 8.10. The maximum atomic E-state index is 10.3. The van der Waals surface area contributed by atoms with Gasteiger partial charge in [-0.25, -0.2) is 0 Å². The van der Waals surface area contributed by atoms with E-state index < -0.39 is 0 Å². The van der Waals surface area contributed by atoms with Gasteiger partial charge in [0.2, 0.25) is 0 Å². The van der Waals surface area contributed by atoms with E-state index in [-0.39, 0.29) is 6.10 Å². The van der Waals surface area contributed by atoms with Crippen LogP contribution in [0.2, 0.25) is 0 Å². The van der Waals surface area contributed by atoms with Crippen LogP contribution in [0.1, 0.15) is 17.5 Å². The van der Waals surface area contributed by atoms with E-state index in [0.717, 1.165) is 23.1 Å². The topological polar surface area (TPSA) is 29.5 Å². The van der Waals surface area contributed by atoms with Crippen molar-refractivity contribution in [1.82, 2.24) is 4.48 Å². The molecule has 3 nitrogen and oxygen atoms in total. The van der Waals surface area contributed by atoms with Gasteiger partial charge in [0.1, 0.15) is 11.4 Å². The molecule has 0 aliphatic heterocycles. The highest BCUT2D eigenvalue weighted by molar-refractivity contribution is 5.42. The number of rotatable bonds is 7. The van der Waals surface area contributed by atoms with Gasteiger partial charge in [-0.2, -0.15) is 0 Å². The van der Waals surface area contributed by atoms with E-state index >= 15 is 0 Å². The van der Waals surface area contributed by atoms with Crippen LogP contribution in [-0.2, 0) is 12.8 Å². The Hall–Kier alpha value is -1.84. The average Bonchev–Trinajstić information content (AvgIpc) is 2.53. The minimum atomic E-state index is -0.313. The first-order chi connectivity index (χ1) is 10.9. The van der Waals surface area contributed by atoms with E-state index in [4.69, 9.17) is 4.74 Å². The van der Waals surface area contributed by atoms with Gasteiger partial charge in [0.05, 0.1) is 34.4 Å². The summed E-state index contributed by atoms with van der Waals surface area (Å²) >= 11 is 0. The van der Waals surface area contributed by atoms with Crippen LogP contribution in [0.4, 0.5) is 5.69 Å². The van der Waals surface area contributed by atoms with Gasteiger partial charge in [0.15, 0.2) is 0 Å². The second kappa shape index (κ2) is 7.62. The summed E-state index contributed by atoms with van der Waals surface area (Å²) in [6.45, 7) is 0. The third-order valence-electron chi connectivity index (χ3n) is 4.11. The average molecular weight is 314 g/mol. The molecule has 0 amide bonds. The molecule has 0 saturated heterocycles. The molecule has 23 heavy (non-hydrogen) atoms. The van der Waals surface area contributed by atoms with Crippen LogP contribution >= 0.6 is 0 Å². The van der Waals surface area contributed by atoms with E-state index in [1.165, 1.54) is 16.8 Å². The van der Waals surface area contributed by atoms with Crippen LogP contribution in [0.5, 0.6) is 5.75 Å². The smallest absolute Gasteiger partial charge is 0.132 e. The van der Waals surface area contributed by atoms with E-state index in [1.807, 2.05) is 12.1 Å². The zero-order valence-corrected chi connectivity index (χ0v) is 14.6. The fraction of sp³-hybridized carbons (Fsp3) is 0.400. The van der Waals surface area contributed by atoms with Gasteiger partial charge in [-0.05, 0) is 54.7 Å². The number of ether oxygens (including phenoxy) is 1. The largest absolute Gasteiger partial charge is 0.497 e. The van der Waals surface area contributed by atoms with Crippen molar-refractivity contribution < 1.29 is 9.84 Å². The van der Waals surface area contributed by atoms with E-state index in [9.17, 15) is 5.11 Å². The Labute approximate surface area is 139 Å². The van der Waals surface area contributed by atoms with Crippen molar-refractivity contribution in [1.29, 1.82) is 0 Å². The highest BCUT2D eigenvalue weighted by Gasteiger charge is 2.12. The predicted molar refractivity (Wildman–Crippen MR) is 97.0 cm³/mol. The van der Waals surface area contributed by atoms with Crippen LogP contribution in [0.25, 0.3) is 0 Å². The highest BCUT2D eigenvalue weighted by atomic mass is 16.5. The highest BCUT2D eigenvalue weighted by Crippen LogP contribution is 2.19. The van der Waals surface area contributed by atoms with Gasteiger partial charge in [0.25, 0.3) is 0 Å². The van der Waals surface area contributed by atoms with Crippen LogP contribution in [-0.4, -0.2) is 39.5 Å². The van der Waals surface area contributed by atoms with Crippen molar-refractivity contribution in [2.75, 3.05) is 28.3 Å². The molecule has 124 valence electrons. The number of aryl methyl sites for hydroxylation is 1. The predicted octanol–water partition coefficient (Wildman–Crippen LogP) is 3.43. The standard InChI is InChI=1S/C20H28NO2/c1-21(2,3)18-10-5-17(6-11-18)15-19(22)12-7-16-8-13-20(23-4)14-9-16/h5-6,8-11,13-14,19,22H,7,12,15H2,1-4H3/q+1. The Morgan fingerprint density at radius 2 is 1.48 bits per heavy atom. The lowest BCUT2D eigenvalue weighted by atomic mass is 10.0. The molecule has 0 bridgehead atoms. The summed E-state index contributed by atoms with van der Waals surface area (Å²) in [5, 5.41) is 10.3. The number of methoxy groups -OCH3 is 1. The summed E-state index contributed by atoms with van der Waals surface area (Å²) in [5.41, 5.74) is 3.68. The number of hydrogen-bond acceptors (Lipinski definition) is 2. The van der Waals surface area contributed by atoms with E-state index in [0.29, 0.717) is 6.42 Å². The fourth-order valence-corrected chi connectivity index (χ4v) is 2.58. The zero-order chi connectivity index (χ0) is 16.9. The Kier molecular flexibility index (Phi) is 5.80. The molecule has 0 aliphatic rings. The molecular formula is C20H28NO2+. The summed E-state index contributed by atoms with van der Waals surface area (Å²) in [6.07, 6.45) is 2.03. The minimum absolute atomic E-state index is 0.313. The molecule has 2 rings (SSSR count). The van der Waals surface area contributed by atoms with Crippen LogP contribution < -0.4 is 9.22 Å². The number of hydrogen-bond donors (Lipinski definition) is 1. The van der Waals surface area contributed by atoms with Gasteiger partial charge in [-0.15, -0.1) is 0 Å². The number of aliphatic hydroxyl groups excluding tert-OH is 1. The third kappa shape index (κ3) is 5.38. The molecule has 0 saturated carbocycles. The van der Waals surface area contributed by atoms with Gasteiger partial charge in [-0.1, -0.05) is 24.3 Å². The maximum absolute atomic E-state index is 10.3. The lowest BCUT2D eigenvalue weighted by Crippen LogP contribution is -2.34. The molecule has 0 radical (unpaired) electrons. The molecule has 2 aromatic carbocycles. The Morgan fingerprint density at radius 1 is 0.913 bits per heavy atom. The molecule has 0 heterocycles. The van der Waals surface area contributed by atoms with Crippen molar-refractivity contribution >= 4 is 5.69 Å². The van der Waals surface area contributed by atoms with E-state index in [2.05, 4.69) is 57.5 Å². The second-order valence-electron chi connectivity index (χ2n) is 6.92. The molecule has 0 fully saturated rings. The minimum Gasteiger partial charge on any atom is -0.497 e. The monoisotopic (exact) mass is 314 g/mol. The van der Waals surface area contributed by atoms with Gasteiger partial charge >= 0.3 is 0 Å². The molecule has 1 N–H and O–H groups in total. The molecule has 2 aromatic rings. The molecule has 3 heteroatoms. The number of nitrogens with zero attached hydrogens (tertiary/aromatic N) is 1. The first-order valence-electron chi connectivity index (χ1n) is 8.10. The van der Waals surface area contributed by atoms with Crippen molar-refractivity contribution in [3.63, 3.8) is 0 Å². The normalized spacial score (nSPS) is 12.9. The Balaban J connectivity index is 1.85. The Bertz CT molecular complexity index is 597. The van der Waals surface area contributed by atoms with Crippen molar-refractivity contribution in [2.45, 2.75) is 25.4 Å². The number of aliphatic hydroxyl groups is 1. The third-order valence-corrected chi connectivity index (χ3v) is 4.11. The SMILES string of the molecule is COc1ccc(CCC(O)Cc2ccc([N+](C)(C)C)cc2)cc1. The molecule has 0 spiro atoms. The first kappa shape index (κ1) is 17.5. The summed E-state index contributed by atoms with van der Waals surface area (Å²) in [6, 6.07) is 16.6. The number of quaternary nitrogens is 1. The molecule has 1 unspecified atom stereocenters. The summed E-state index contributed by atoms with van der Waals surface area (Å²) < 4.78 is 5.96. The van der Waals surface area contributed by atoms with Crippen molar-refractivity contribution in [3.05, 3.63) is 59.7 Å². The Morgan fingerprint density at radius 3 is 2.00 bits per heavy atom. The van der Waals surface area contributed by atoms with Crippen molar-refractivity contribution in [2.24, 2.45) is 0 Å². The molecule has 0 aliphatic carbocycles. The van der Waals surface area contributed by atoms with Gasteiger partial charge in [0, 0.05) is 0 Å². The molecular weight excluding hydrogens is 286 g/mol. The molecule has 0 aromatic heterocycles. The lowest BCUT2D eigenvalue weighted by molar-refractivity contribution is 0.165. The van der Waals surface area contributed by atoms with Crippen LogP contribution in [0.3, 0.4) is 0 Å². The molecule has 1 atom stereocenters. The van der Waals surface area contributed by atoms with Gasteiger partial charge < -0.3 is 9.84 Å². The number of benzene rings is 2. The van der Waals surface area contributed by atoms with Crippen molar-refractivity contribution in [3.8, 4) is 5.75 Å². The van der Waals surface area contributed by atoms with Crippen LogP contribution in [0.15, 0.2) is 48.5 Å². The van der Waals surface area contributed by atoms with E-state index in [1.54, 1.807) is 7.11 Å². The lowest BCUT2D eigenvalue weighted by Gasteiger charge is -2.23. The van der Waals surface area contributed by atoms with Crippen LogP contribution in [0, 0.1) is 0 Å². The summed E-state index contributed by atoms with van der Waals surface area (Å²) in [5.74, 6) is 0.867. The maximum Gasteiger partial charge on any atom is 0.132 e. The summed E-state index contributed by atoms with van der Waals surface area (Å²) in [4.78, 5) is 0. The fourth-order valence-electron chi connectivity index (χ4n) is 2.58. The zero-order valence-electron chi connectivity index (χ0n) is 14.6. The summed E-state index contributed by atoms with van der Waals surface area (Å²) in [7, 11) is 8.12. The van der Waals surface area contributed by atoms with Gasteiger partial charge in [-0.3, -0.25) is 4.48 Å². The second-order valence-corrected chi connectivity index (χ2v) is 6.92. The quantitative estimate of drug-likeness (QED) is 0.794.